The molecule has 1 amide bonds. The maximum atomic E-state index is 12.7. The fourth-order valence-electron chi connectivity index (χ4n) is 2.95. The van der Waals surface area contributed by atoms with Gasteiger partial charge in [0.15, 0.2) is 0 Å². The maximum Gasteiger partial charge on any atom is 0.255 e. The highest BCUT2D eigenvalue weighted by molar-refractivity contribution is 6.33. The van der Waals surface area contributed by atoms with Gasteiger partial charge in [-0.3, -0.25) is 4.79 Å². The Balaban J connectivity index is 1.57. The van der Waals surface area contributed by atoms with E-state index >= 15 is 0 Å². The quantitative estimate of drug-likeness (QED) is 0.780. The van der Waals surface area contributed by atoms with E-state index in [1.807, 2.05) is 24.3 Å². The number of benzene rings is 2. The van der Waals surface area contributed by atoms with E-state index in [0.29, 0.717) is 42.8 Å². The van der Waals surface area contributed by atoms with E-state index in [9.17, 15) is 4.79 Å². The van der Waals surface area contributed by atoms with Crippen LogP contribution in [0.1, 0.15) is 35.7 Å². The van der Waals surface area contributed by atoms with Crippen LogP contribution in [0.3, 0.4) is 0 Å². The molecule has 1 saturated heterocycles. The summed E-state index contributed by atoms with van der Waals surface area (Å²) in [7, 11) is 0. The first-order chi connectivity index (χ1) is 12.5. The highest BCUT2D eigenvalue weighted by Crippen LogP contribution is 2.21. The Morgan fingerprint density at radius 1 is 1.23 bits per heavy atom. The number of ether oxygens (including phenoxy) is 2. The second-order valence-corrected chi connectivity index (χ2v) is 7.17. The van der Waals surface area contributed by atoms with Crippen molar-refractivity contribution >= 4 is 17.5 Å². The van der Waals surface area contributed by atoms with Gasteiger partial charge in [-0.15, -0.1) is 0 Å². The molecular formula is C21H24ClNO3. The number of morpholine rings is 1. The summed E-state index contributed by atoms with van der Waals surface area (Å²) in [5.41, 5.74) is 1.81. The average molecular weight is 374 g/mol. The number of hydrogen-bond donors (Lipinski definition) is 0. The summed E-state index contributed by atoms with van der Waals surface area (Å²) >= 11 is 6.15. The van der Waals surface area contributed by atoms with Gasteiger partial charge in [-0.05, 0) is 35.7 Å². The van der Waals surface area contributed by atoms with Crippen LogP contribution in [0.15, 0.2) is 48.5 Å². The van der Waals surface area contributed by atoms with Gasteiger partial charge in [0, 0.05) is 6.54 Å². The zero-order valence-electron chi connectivity index (χ0n) is 15.2. The molecule has 0 aliphatic carbocycles. The van der Waals surface area contributed by atoms with Gasteiger partial charge in [-0.2, -0.15) is 0 Å². The van der Waals surface area contributed by atoms with Gasteiger partial charge >= 0.3 is 0 Å². The van der Waals surface area contributed by atoms with E-state index < -0.39 is 0 Å². The Morgan fingerprint density at radius 3 is 2.65 bits per heavy atom. The van der Waals surface area contributed by atoms with E-state index in [1.165, 1.54) is 5.56 Å². The zero-order valence-corrected chi connectivity index (χ0v) is 15.9. The number of nitrogens with zero attached hydrogens (tertiary/aromatic N) is 1. The van der Waals surface area contributed by atoms with E-state index in [-0.39, 0.29) is 12.0 Å². The van der Waals surface area contributed by atoms with Gasteiger partial charge in [0.1, 0.15) is 18.5 Å². The van der Waals surface area contributed by atoms with Crippen LogP contribution < -0.4 is 4.74 Å². The fourth-order valence-corrected chi connectivity index (χ4v) is 3.16. The van der Waals surface area contributed by atoms with Crippen LogP contribution in [0.4, 0.5) is 0 Å². The normalized spacial score (nSPS) is 17.4. The minimum absolute atomic E-state index is 0.0646. The molecule has 5 heteroatoms. The van der Waals surface area contributed by atoms with Crippen LogP contribution in [0.25, 0.3) is 0 Å². The van der Waals surface area contributed by atoms with E-state index in [0.717, 1.165) is 5.75 Å². The molecule has 26 heavy (non-hydrogen) atoms. The average Bonchev–Trinajstić information content (AvgIpc) is 2.67. The largest absolute Gasteiger partial charge is 0.491 e. The Bertz CT molecular complexity index is 745. The lowest BCUT2D eigenvalue weighted by Crippen LogP contribution is -2.47. The fraction of sp³-hybridized carbons (Fsp3) is 0.381. The Morgan fingerprint density at radius 2 is 1.96 bits per heavy atom. The van der Waals surface area contributed by atoms with Gasteiger partial charge in [0.2, 0.25) is 0 Å². The Labute approximate surface area is 159 Å². The summed E-state index contributed by atoms with van der Waals surface area (Å²) < 4.78 is 11.6. The van der Waals surface area contributed by atoms with Crippen molar-refractivity contribution in [1.29, 1.82) is 0 Å². The lowest BCUT2D eigenvalue weighted by atomic mass is 10.0. The van der Waals surface area contributed by atoms with Crippen molar-refractivity contribution in [2.24, 2.45) is 0 Å². The third-order valence-corrected chi connectivity index (χ3v) is 4.84. The smallest absolute Gasteiger partial charge is 0.255 e. The second kappa shape index (κ2) is 8.56. The molecule has 2 aromatic rings. The predicted molar refractivity (Wildman–Crippen MR) is 103 cm³/mol. The Kier molecular flexibility index (Phi) is 6.17. The van der Waals surface area contributed by atoms with Gasteiger partial charge in [0.05, 0.1) is 23.7 Å². The summed E-state index contributed by atoms with van der Waals surface area (Å²) in [6.45, 7) is 6.29. The molecule has 0 unspecified atom stereocenters. The van der Waals surface area contributed by atoms with Crippen molar-refractivity contribution in [2.75, 3.05) is 26.3 Å². The molecule has 0 aromatic heterocycles. The van der Waals surface area contributed by atoms with Gasteiger partial charge in [0.25, 0.3) is 5.91 Å². The third-order valence-electron chi connectivity index (χ3n) is 4.51. The standard InChI is InChI=1S/C21H24ClNO3/c1-15(2)16-7-9-17(10-8-16)26-14-18-13-23(11-12-25-18)21(24)19-5-3-4-6-20(19)22/h3-10,15,18H,11-14H2,1-2H3/t18-/m1/s1. The molecule has 0 N–H and O–H groups in total. The molecule has 1 heterocycles. The molecule has 138 valence electrons. The second-order valence-electron chi connectivity index (χ2n) is 6.76. The van der Waals surface area contributed by atoms with Gasteiger partial charge < -0.3 is 14.4 Å². The van der Waals surface area contributed by atoms with Crippen molar-refractivity contribution in [2.45, 2.75) is 25.9 Å². The predicted octanol–water partition coefficient (Wildman–Crippen LogP) is 4.38. The first kappa shape index (κ1) is 18.7. The number of carbonyl (C=O) groups excluding carboxylic acids is 1. The minimum Gasteiger partial charge on any atom is -0.491 e. The van der Waals surface area contributed by atoms with Crippen molar-refractivity contribution in [1.82, 2.24) is 4.90 Å². The van der Waals surface area contributed by atoms with Crippen LogP contribution in [0.2, 0.25) is 5.02 Å². The molecule has 2 aromatic carbocycles. The number of carbonyl (C=O) groups is 1. The number of halogens is 1. The summed E-state index contributed by atoms with van der Waals surface area (Å²) in [6, 6.07) is 15.2. The summed E-state index contributed by atoms with van der Waals surface area (Å²) in [6.07, 6.45) is -0.153. The first-order valence-electron chi connectivity index (χ1n) is 8.92. The summed E-state index contributed by atoms with van der Waals surface area (Å²) in [5, 5.41) is 0.474. The molecule has 1 aliphatic heterocycles. The highest BCUT2D eigenvalue weighted by atomic mass is 35.5. The summed E-state index contributed by atoms with van der Waals surface area (Å²) in [5.74, 6) is 1.24. The van der Waals surface area contributed by atoms with Crippen LogP contribution in [0, 0.1) is 0 Å². The first-order valence-corrected chi connectivity index (χ1v) is 9.30. The monoisotopic (exact) mass is 373 g/mol. The number of hydrogen-bond acceptors (Lipinski definition) is 3. The maximum absolute atomic E-state index is 12.7. The molecule has 3 rings (SSSR count). The van der Waals surface area contributed by atoms with Crippen molar-refractivity contribution in [3.63, 3.8) is 0 Å². The number of rotatable bonds is 5. The zero-order chi connectivity index (χ0) is 18.5. The highest BCUT2D eigenvalue weighted by Gasteiger charge is 2.26. The molecule has 0 bridgehead atoms. The molecule has 1 aliphatic rings. The molecular weight excluding hydrogens is 350 g/mol. The van der Waals surface area contributed by atoms with Crippen LogP contribution >= 0.6 is 11.6 Å². The molecule has 1 fully saturated rings. The molecule has 4 nitrogen and oxygen atoms in total. The Hall–Kier alpha value is -2.04. The SMILES string of the molecule is CC(C)c1ccc(OC[C@H]2CN(C(=O)c3ccccc3Cl)CCO2)cc1. The van der Waals surface area contributed by atoms with Crippen LogP contribution in [-0.4, -0.2) is 43.2 Å². The van der Waals surface area contributed by atoms with Crippen LogP contribution in [-0.2, 0) is 4.74 Å². The molecule has 1 atom stereocenters. The van der Waals surface area contributed by atoms with Crippen LogP contribution in [0.5, 0.6) is 5.75 Å². The molecule has 0 spiro atoms. The molecule has 0 radical (unpaired) electrons. The van der Waals surface area contributed by atoms with Gasteiger partial charge in [-0.25, -0.2) is 0 Å². The number of amides is 1. The third kappa shape index (κ3) is 4.57. The van der Waals surface area contributed by atoms with E-state index in [1.54, 1.807) is 17.0 Å². The van der Waals surface area contributed by atoms with Crippen molar-refractivity contribution in [3.05, 3.63) is 64.7 Å². The lowest BCUT2D eigenvalue weighted by molar-refractivity contribution is -0.0401. The van der Waals surface area contributed by atoms with Crippen molar-refractivity contribution < 1.29 is 14.3 Å². The minimum atomic E-state index is -0.153. The molecule has 0 saturated carbocycles. The van der Waals surface area contributed by atoms with Crippen molar-refractivity contribution in [3.8, 4) is 5.75 Å². The van der Waals surface area contributed by atoms with E-state index in [4.69, 9.17) is 21.1 Å². The summed E-state index contributed by atoms with van der Waals surface area (Å²) in [4.78, 5) is 14.5. The van der Waals surface area contributed by atoms with Gasteiger partial charge in [-0.1, -0.05) is 49.7 Å². The lowest BCUT2D eigenvalue weighted by Gasteiger charge is -2.33. The topological polar surface area (TPSA) is 38.8 Å². The van der Waals surface area contributed by atoms with E-state index in [2.05, 4.69) is 26.0 Å².